The van der Waals surface area contributed by atoms with E-state index >= 15 is 0 Å². The fraction of sp³-hybridized carbons (Fsp3) is 0.333. The summed E-state index contributed by atoms with van der Waals surface area (Å²) < 4.78 is 11.5. The number of ether oxygens (including phenoxy) is 2. The molecular formula is C21H23NO4. The van der Waals surface area contributed by atoms with Crippen LogP contribution in [0.4, 0.5) is 0 Å². The summed E-state index contributed by atoms with van der Waals surface area (Å²) in [6.45, 7) is 3.01. The highest BCUT2D eigenvalue weighted by atomic mass is 16.5. The molecule has 1 aliphatic heterocycles. The molecule has 0 aromatic heterocycles. The van der Waals surface area contributed by atoms with Gasteiger partial charge in [0.15, 0.2) is 17.3 Å². The Labute approximate surface area is 153 Å². The normalized spacial score (nSPS) is 14.8. The van der Waals surface area contributed by atoms with Crippen molar-refractivity contribution in [1.82, 2.24) is 4.90 Å². The first-order chi connectivity index (χ1) is 12.6. The Bertz CT molecular complexity index is 782. The van der Waals surface area contributed by atoms with Gasteiger partial charge in [-0.3, -0.25) is 9.59 Å². The maximum absolute atomic E-state index is 13.0. The van der Waals surface area contributed by atoms with Gasteiger partial charge in [-0.2, -0.15) is 0 Å². The molecule has 5 heteroatoms. The Morgan fingerprint density at radius 1 is 1.00 bits per heavy atom. The summed E-state index contributed by atoms with van der Waals surface area (Å²) in [5, 5.41) is 0. The molecule has 0 spiro atoms. The van der Waals surface area contributed by atoms with Crippen LogP contribution in [0.1, 0.15) is 41.8 Å². The molecule has 136 valence electrons. The first kappa shape index (κ1) is 18.0. The molecule has 2 aromatic carbocycles. The second kappa shape index (κ2) is 8.04. The molecule has 26 heavy (non-hydrogen) atoms. The van der Waals surface area contributed by atoms with Crippen molar-refractivity contribution in [2.75, 3.05) is 20.2 Å². The van der Waals surface area contributed by atoms with Crippen molar-refractivity contribution in [3.05, 3.63) is 59.7 Å². The number of amides is 1. The minimum atomic E-state index is -0.744. The third-order valence-corrected chi connectivity index (χ3v) is 4.56. The van der Waals surface area contributed by atoms with E-state index in [1.54, 1.807) is 18.2 Å². The molecule has 2 aromatic rings. The topological polar surface area (TPSA) is 55.8 Å². The van der Waals surface area contributed by atoms with Crippen LogP contribution < -0.4 is 9.47 Å². The number of carbonyl (C=O) groups excluding carboxylic acids is 2. The summed E-state index contributed by atoms with van der Waals surface area (Å²) in [5.74, 6) is 0.778. The molecule has 1 atom stereocenters. The fourth-order valence-corrected chi connectivity index (χ4v) is 3.10. The van der Waals surface area contributed by atoms with Crippen LogP contribution in [0.5, 0.6) is 11.5 Å². The number of likely N-dealkylation sites (tertiary alicyclic amines) is 1. The van der Waals surface area contributed by atoms with Crippen LogP contribution in [0, 0.1) is 0 Å². The predicted molar refractivity (Wildman–Crippen MR) is 98.6 cm³/mol. The number of methoxy groups -OCH3 is 1. The predicted octanol–water partition coefficient (Wildman–Crippen LogP) is 3.64. The highest BCUT2D eigenvalue weighted by Crippen LogP contribution is 2.33. The molecule has 0 saturated carbocycles. The third-order valence-electron chi connectivity index (χ3n) is 4.56. The second-order valence-electron chi connectivity index (χ2n) is 6.36. The van der Waals surface area contributed by atoms with Gasteiger partial charge < -0.3 is 14.4 Å². The fourth-order valence-electron chi connectivity index (χ4n) is 3.10. The van der Waals surface area contributed by atoms with E-state index in [4.69, 9.17) is 9.47 Å². The highest BCUT2D eigenvalue weighted by molar-refractivity contribution is 5.94. The SMILES string of the molecule is COc1cc(C(C)=O)ccc1O[C@@H](C(=O)N1CCCC1)c1ccccc1. The quantitative estimate of drug-likeness (QED) is 0.744. The van der Waals surface area contributed by atoms with Gasteiger partial charge in [-0.15, -0.1) is 0 Å². The molecule has 0 radical (unpaired) electrons. The van der Waals surface area contributed by atoms with Crippen LogP contribution >= 0.6 is 0 Å². The second-order valence-corrected chi connectivity index (χ2v) is 6.36. The zero-order chi connectivity index (χ0) is 18.5. The van der Waals surface area contributed by atoms with E-state index in [1.807, 2.05) is 35.2 Å². The zero-order valence-electron chi connectivity index (χ0n) is 15.1. The lowest BCUT2D eigenvalue weighted by Gasteiger charge is -2.25. The van der Waals surface area contributed by atoms with Crippen LogP contribution in [0.2, 0.25) is 0 Å². The lowest BCUT2D eigenvalue weighted by Crippen LogP contribution is -2.35. The summed E-state index contributed by atoms with van der Waals surface area (Å²) in [4.78, 5) is 26.5. The summed E-state index contributed by atoms with van der Waals surface area (Å²) in [5.41, 5.74) is 1.33. The maximum Gasteiger partial charge on any atom is 0.268 e. The number of nitrogens with zero attached hydrogens (tertiary/aromatic N) is 1. The Balaban J connectivity index is 1.93. The van der Waals surface area contributed by atoms with Crippen molar-refractivity contribution in [2.24, 2.45) is 0 Å². The minimum absolute atomic E-state index is 0.0496. The number of hydrogen-bond acceptors (Lipinski definition) is 4. The van der Waals surface area contributed by atoms with E-state index in [2.05, 4.69) is 0 Å². The molecule has 0 aliphatic carbocycles. The first-order valence-electron chi connectivity index (χ1n) is 8.79. The number of hydrogen-bond donors (Lipinski definition) is 0. The standard InChI is InChI=1S/C21H23NO4/c1-15(23)17-10-11-18(19(14-17)25-2)26-20(16-8-4-3-5-9-16)21(24)22-12-6-7-13-22/h3-5,8-11,14,20H,6-7,12-13H2,1-2H3/t20-/m1/s1. The average molecular weight is 353 g/mol. The van der Waals surface area contributed by atoms with E-state index in [9.17, 15) is 9.59 Å². The molecule has 3 rings (SSSR count). The molecule has 0 bridgehead atoms. The zero-order valence-corrected chi connectivity index (χ0v) is 15.1. The number of benzene rings is 2. The number of Topliss-reactive ketones (excluding diaryl/α,β-unsaturated/α-hetero) is 1. The van der Waals surface area contributed by atoms with E-state index in [-0.39, 0.29) is 11.7 Å². The summed E-state index contributed by atoms with van der Waals surface area (Å²) in [6, 6.07) is 14.5. The van der Waals surface area contributed by atoms with Gasteiger partial charge in [-0.1, -0.05) is 30.3 Å². The van der Waals surface area contributed by atoms with Gasteiger partial charge in [0.25, 0.3) is 5.91 Å². The molecule has 1 fully saturated rings. The Hall–Kier alpha value is -2.82. The monoisotopic (exact) mass is 353 g/mol. The Morgan fingerprint density at radius 3 is 2.31 bits per heavy atom. The van der Waals surface area contributed by atoms with Crippen LogP contribution in [0.25, 0.3) is 0 Å². The Kier molecular flexibility index (Phi) is 5.56. The first-order valence-corrected chi connectivity index (χ1v) is 8.79. The summed E-state index contributed by atoms with van der Waals surface area (Å²) >= 11 is 0. The lowest BCUT2D eigenvalue weighted by atomic mass is 10.1. The lowest BCUT2D eigenvalue weighted by molar-refractivity contribution is -0.138. The van der Waals surface area contributed by atoms with Crippen molar-refractivity contribution >= 4 is 11.7 Å². The molecular weight excluding hydrogens is 330 g/mol. The summed E-state index contributed by atoms with van der Waals surface area (Å²) in [7, 11) is 1.52. The molecule has 1 aliphatic rings. The van der Waals surface area contributed by atoms with Crippen molar-refractivity contribution in [2.45, 2.75) is 25.9 Å². The van der Waals surface area contributed by atoms with Gasteiger partial charge in [0.05, 0.1) is 7.11 Å². The minimum Gasteiger partial charge on any atom is -0.493 e. The van der Waals surface area contributed by atoms with Gasteiger partial charge in [-0.25, -0.2) is 0 Å². The molecule has 1 saturated heterocycles. The number of ketones is 1. The molecule has 1 heterocycles. The third kappa shape index (κ3) is 3.87. The average Bonchev–Trinajstić information content (AvgIpc) is 3.21. The molecule has 1 amide bonds. The van der Waals surface area contributed by atoms with Gasteiger partial charge in [0.2, 0.25) is 6.10 Å². The smallest absolute Gasteiger partial charge is 0.268 e. The summed E-state index contributed by atoms with van der Waals surface area (Å²) in [6.07, 6.45) is 1.29. The molecule has 5 nitrogen and oxygen atoms in total. The van der Waals surface area contributed by atoms with Crippen molar-refractivity contribution < 1.29 is 19.1 Å². The van der Waals surface area contributed by atoms with Crippen LogP contribution in [-0.4, -0.2) is 36.8 Å². The van der Waals surface area contributed by atoms with Crippen molar-refractivity contribution in [1.29, 1.82) is 0 Å². The Morgan fingerprint density at radius 2 is 1.69 bits per heavy atom. The maximum atomic E-state index is 13.0. The number of rotatable bonds is 6. The van der Waals surface area contributed by atoms with Crippen LogP contribution in [-0.2, 0) is 4.79 Å². The molecule has 0 unspecified atom stereocenters. The van der Waals surface area contributed by atoms with E-state index in [0.29, 0.717) is 17.1 Å². The van der Waals surface area contributed by atoms with Crippen LogP contribution in [0.3, 0.4) is 0 Å². The van der Waals surface area contributed by atoms with Gasteiger partial charge >= 0.3 is 0 Å². The largest absolute Gasteiger partial charge is 0.493 e. The van der Waals surface area contributed by atoms with E-state index in [0.717, 1.165) is 31.5 Å². The van der Waals surface area contributed by atoms with Gasteiger partial charge in [0.1, 0.15) is 0 Å². The van der Waals surface area contributed by atoms with Crippen molar-refractivity contribution in [3.63, 3.8) is 0 Å². The number of carbonyl (C=O) groups is 2. The van der Waals surface area contributed by atoms with E-state index in [1.165, 1.54) is 14.0 Å². The van der Waals surface area contributed by atoms with Gasteiger partial charge in [-0.05, 0) is 38.0 Å². The van der Waals surface area contributed by atoms with Gasteiger partial charge in [0, 0.05) is 24.2 Å². The van der Waals surface area contributed by atoms with Crippen molar-refractivity contribution in [3.8, 4) is 11.5 Å². The van der Waals surface area contributed by atoms with Crippen LogP contribution in [0.15, 0.2) is 48.5 Å². The molecule has 0 N–H and O–H groups in total. The van der Waals surface area contributed by atoms with E-state index < -0.39 is 6.10 Å². The highest BCUT2D eigenvalue weighted by Gasteiger charge is 2.30.